The van der Waals surface area contributed by atoms with Crippen LogP contribution in [0.5, 0.6) is 0 Å². The van der Waals surface area contributed by atoms with E-state index in [9.17, 15) is 20.1 Å². The minimum Gasteiger partial charge on any atom is -0.469 e. The van der Waals surface area contributed by atoms with E-state index < -0.39 is 79.9 Å². The molecule has 6 aliphatic rings. The molecule has 13 nitrogen and oxygen atoms in total. The number of hydrogen-bond acceptors (Lipinski definition) is 13. The molecule has 3 N–H and O–H groups in total. The van der Waals surface area contributed by atoms with Crippen LogP contribution in [-0.2, 0) is 42.7 Å². The fraction of sp³-hybridized carbons (Fsp3) is 0.825. The quantitative estimate of drug-likeness (QED) is 0.310. The van der Waals surface area contributed by atoms with Gasteiger partial charge in [0.05, 0.1) is 55.1 Å². The molecule has 2 saturated carbocycles. The molecule has 0 aromatic carbocycles. The third kappa shape index (κ3) is 7.70. The summed E-state index contributed by atoms with van der Waals surface area (Å²) in [6, 6.07) is 1.94. The fourth-order valence-corrected chi connectivity index (χ4v) is 10.3. The van der Waals surface area contributed by atoms with Crippen LogP contribution in [0.25, 0.3) is 0 Å². The van der Waals surface area contributed by atoms with E-state index in [1.807, 2.05) is 26.8 Å². The van der Waals surface area contributed by atoms with Gasteiger partial charge in [0.2, 0.25) is 0 Å². The Morgan fingerprint density at radius 2 is 1.43 bits per heavy atom. The molecule has 0 bridgehead atoms. The molecule has 3 aliphatic heterocycles. The topological polar surface area (TPSA) is 165 Å². The highest BCUT2D eigenvalue weighted by molar-refractivity contribution is 5.89. The Balaban J connectivity index is 0.932. The van der Waals surface area contributed by atoms with Crippen molar-refractivity contribution in [3.8, 4) is 0 Å². The second-order valence-corrected chi connectivity index (χ2v) is 16.5. The summed E-state index contributed by atoms with van der Waals surface area (Å²) in [5.74, 6) is 1.11. The molecule has 4 heterocycles. The van der Waals surface area contributed by atoms with E-state index >= 15 is 0 Å². The molecular weight excluding hydrogens is 688 g/mol. The molecule has 1 aromatic heterocycles. The van der Waals surface area contributed by atoms with Crippen LogP contribution in [0.1, 0.15) is 96.3 Å². The maximum atomic E-state index is 13.8. The Morgan fingerprint density at radius 3 is 2.11 bits per heavy atom. The molecule has 0 spiro atoms. The summed E-state index contributed by atoms with van der Waals surface area (Å²) in [6.45, 7) is 9.63. The summed E-state index contributed by atoms with van der Waals surface area (Å²) in [5, 5.41) is 33.0. The van der Waals surface area contributed by atoms with Gasteiger partial charge < -0.3 is 57.6 Å². The zero-order valence-electron chi connectivity index (χ0n) is 32.1. The second-order valence-electron chi connectivity index (χ2n) is 16.5. The summed E-state index contributed by atoms with van der Waals surface area (Å²) in [7, 11) is 3.17. The van der Waals surface area contributed by atoms with Crippen molar-refractivity contribution in [1.82, 2.24) is 0 Å². The third-order valence-electron chi connectivity index (χ3n) is 13.4. The third-order valence-corrected chi connectivity index (χ3v) is 13.4. The molecule has 1 aromatic rings. The molecule has 0 amide bonds. The Labute approximate surface area is 312 Å². The number of ether oxygens (including phenoxy) is 8. The monoisotopic (exact) mass is 748 g/mol. The lowest BCUT2D eigenvalue weighted by Crippen LogP contribution is -2.57. The number of aryl methyl sites for hydroxylation is 1. The summed E-state index contributed by atoms with van der Waals surface area (Å²) in [6.07, 6.45) is 0.130. The minimum absolute atomic E-state index is 0.0626. The number of aliphatic hydroxyl groups is 3. The van der Waals surface area contributed by atoms with Gasteiger partial charge in [-0.2, -0.15) is 0 Å². The number of Topliss-reactive ketones (excluding diaryl/α,β-unsaturated/α-hetero) is 1. The lowest BCUT2D eigenvalue weighted by Gasteiger charge is -2.54. The van der Waals surface area contributed by atoms with E-state index in [0.717, 1.165) is 24.2 Å². The first-order chi connectivity index (χ1) is 25.3. The predicted molar refractivity (Wildman–Crippen MR) is 189 cm³/mol. The molecule has 3 saturated heterocycles. The average molecular weight is 749 g/mol. The molecule has 298 valence electrons. The molecule has 7 rings (SSSR count). The molecule has 0 unspecified atom stereocenters. The number of carbonyl (C=O) groups is 1. The first-order valence-corrected chi connectivity index (χ1v) is 19.6. The summed E-state index contributed by atoms with van der Waals surface area (Å²) in [5.41, 5.74) is 2.00. The van der Waals surface area contributed by atoms with E-state index in [1.165, 1.54) is 5.57 Å². The Kier molecular flexibility index (Phi) is 11.9. The van der Waals surface area contributed by atoms with Crippen LogP contribution in [0.15, 0.2) is 28.4 Å². The highest BCUT2D eigenvalue weighted by Crippen LogP contribution is 2.58. The molecular formula is C40H60O13. The summed E-state index contributed by atoms with van der Waals surface area (Å²) < 4.78 is 54.3. The zero-order chi connectivity index (χ0) is 37.8. The highest BCUT2D eigenvalue weighted by atomic mass is 16.7. The Hall–Kier alpha value is -1.75. The standard InChI is InChI=1S/C40H60O13/c1-19-24(12-13-47-19)25-10-11-27-26(37(25)44)9-8-23-14-30(29(42)18-40(23,27)5)51-34-17-32(46-7)39(22(4)50-34)53-33-15-28(41)38(21(3)49-33)52-35-16-31(45-6)36(43)20(2)48-35/h8,12-13,20-22,25-36,38-39,41-43H,9-11,14-18H2,1-7H3/t20-,21+,22-,25-,26-,27+,28+,29-,30-,31+,32+,33+,34+,35+,36-,38-,39-,40+/m1/s1. The molecule has 53 heavy (non-hydrogen) atoms. The highest BCUT2D eigenvalue weighted by Gasteiger charge is 2.55. The van der Waals surface area contributed by atoms with Crippen LogP contribution in [0.3, 0.4) is 0 Å². The second kappa shape index (κ2) is 16.0. The Morgan fingerprint density at radius 1 is 0.792 bits per heavy atom. The van der Waals surface area contributed by atoms with Crippen LogP contribution in [0.4, 0.5) is 0 Å². The first kappa shape index (κ1) is 39.5. The van der Waals surface area contributed by atoms with E-state index in [0.29, 0.717) is 37.9 Å². The minimum atomic E-state index is -0.885. The SMILES string of the molecule is CO[C@H]1C[C@H](O[C@@H]2[C@H](C)O[C@@H](O[C@H]3[C@@H](OC)C[C@H](O[C@@H]4CC5=CC[C@H]6C(=O)[C@@H](c7ccoc7C)CC[C@@H]6[C@@]5(C)C[C@H]4O)O[C@@H]3C)C[C@@H]2O)O[C@H](C)[C@H]1O. The van der Waals surface area contributed by atoms with Crippen molar-refractivity contribution in [1.29, 1.82) is 0 Å². The van der Waals surface area contributed by atoms with Crippen molar-refractivity contribution in [3.05, 3.63) is 35.3 Å². The van der Waals surface area contributed by atoms with Gasteiger partial charge in [-0.05, 0) is 77.2 Å². The lowest BCUT2D eigenvalue weighted by atomic mass is 9.51. The maximum Gasteiger partial charge on any atom is 0.161 e. The van der Waals surface area contributed by atoms with Gasteiger partial charge in [0.15, 0.2) is 18.9 Å². The van der Waals surface area contributed by atoms with E-state index in [2.05, 4.69) is 13.0 Å². The average Bonchev–Trinajstić information content (AvgIpc) is 3.54. The fourth-order valence-electron chi connectivity index (χ4n) is 10.3. The first-order valence-electron chi connectivity index (χ1n) is 19.6. The van der Waals surface area contributed by atoms with Crippen molar-refractivity contribution in [2.45, 2.75) is 178 Å². The van der Waals surface area contributed by atoms with Crippen LogP contribution in [-0.4, -0.2) is 121 Å². The molecule has 3 aliphatic carbocycles. The van der Waals surface area contributed by atoms with Crippen molar-refractivity contribution in [2.24, 2.45) is 17.3 Å². The van der Waals surface area contributed by atoms with Gasteiger partial charge in [-0.1, -0.05) is 18.6 Å². The maximum absolute atomic E-state index is 13.8. The molecule has 18 atom stereocenters. The summed E-state index contributed by atoms with van der Waals surface area (Å²) >= 11 is 0. The lowest BCUT2D eigenvalue weighted by molar-refractivity contribution is -0.338. The van der Waals surface area contributed by atoms with Gasteiger partial charge in [0.25, 0.3) is 0 Å². The molecule has 0 radical (unpaired) electrons. The number of ketones is 1. The van der Waals surface area contributed by atoms with E-state index in [1.54, 1.807) is 27.4 Å². The number of hydrogen-bond donors (Lipinski definition) is 3. The normalized spacial score (nSPS) is 47.8. The Bertz CT molecular complexity index is 1430. The van der Waals surface area contributed by atoms with Crippen molar-refractivity contribution >= 4 is 5.78 Å². The van der Waals surface area contributed by atoms with Crippen LogP contribution < -0.4 is 0 Å². The summed E-state index contributed by atoms with van der Waals surface area (Å²) in [4.78, 5) is 13.8. The largest absolute Gasteiger partial charge is 0.469 e. The number of methoxy groups -OCH3 is 2. The van der Waals surface area contributed by atoms with Crippen molar-refractivity contribution in [3.63, 3.8) is 0 Å². The molecule has 5 fully saturated rings. The van der Waals surface area contributed by atoms with Gasteiger partial charge in [0.1, 0.15) is 29.9 Å². The number of aliphatic hydroxyl groups excluding tert-OH is 3. The van der Waals surface area contributed by atoms with Gasteiger partial charge in [-0.15, -0.1) is 0 Å². The van der Waals surface area contributed by atoms with E-state index in [4.69, 9.17) is 42.3 Å². The van der Waals surface area contributed by atoms with Crippen molar-refractivity contribution in [2.75, 3.05) is 14.2 Å². The van der Waals surface area contributed by atoms with Crippen LogP contribution >= 0.6 is 0 Å². The zero-order valence-corrected chi connectivity index (χ0v) is 32.1. The predicted octanol–water partition coefficient (Wildman–Crippen LogP) is 4.07. The molecule has 13 heteroatoms. The van der Waals surface area contributed by atoms with Gasteiger partial charge >= 0.3 is 0 Å². The number of allylic oxidation sites excluding steroid dienone is 1. The number of furan rings is 1. The number of rotatable bonds is 9. The van der Waals surface area contributed by atoms with Crippen molar-refractivity contribution < 1.29 is 62.4 Å². The van der Waals surface area contributed by atoms with Crippen LogP contribution in [0, 0.1) is 24.2 Å². The number of carbonyl (C=O) groups excluding carboxylic acids is 1. The van der Waals surface area contributed by atoms with Gasteiger partial charge in [-0.3, -0.25) is 4.79 Å². The smallest absolute Gasteiger partial charge is 0.161 e. The van der Waals surface area contributed by atoms with Gasteiger partial charge in [0, 0.05) is 50.9 Å². The van der Waals surface area contributed by atoms with Gasteiger partial charge in [-0.25, -0.2) is 0 Å². The van der Waals surface area contributed by atoms with E-state index in [-0.39, 0.29) is 35.7 Å². The number of fused-ring (bicyclic) bond motifs is 3. The van der Waals surface area contributed by atoms with Crippen LogP contribution in [0.2, 0.25) is 0 Å².